The maximum atomic E-state index is 5.96. The van der Waals surface area contributed by atoms with Crippen LogP contribution in [0.4, 0.5) is 5.95 Å². The molecule has 1 aliphatic rings. The third-order valence-electron chi connectivity index (χ3n) is 3.45. The summed E-state index contributed by atoms with van der Waals surface area (Å²) in [5, 5.41) is 8.64. The third kappa shape index (κ3) is 2.51. The summed E-state index contributed by atoms with van der Waals surface area (Å²) in [4.78, 5) is 4.47. The largest absolute Gasteiger partial charge is 0.377 e. The first-order valence-electron chi connectivity index (χ1n) is 6.63. The van der Waals surface area contributed by atoms with Gasteiger partial charge in [0.25, 0.3) is 0 Å². The molecule has 1 aromatic heterocycles. The molecule has 0 bridgehead atoms. The number of aromatic nitrogens is 3. The predicted octanol–water partition coefficient (Wildman–Crippen LogP) is 2.87. The lowest BCUT2D eigenvalue weighted by atomic mass is 9.99. The van der Waals surface area contributed by atoms with Crippen LogP contribution in [0.5, 0.6) is 0 Å². The van der Waals surface area contributed by atoms with Crippen molar-refractivity contribution in [1.29, 1.82) is 0 Å². The normalized spacial score (nSPS) is 21.4. The van der Waals surface area contributed by atoms with Crippen LogP contribution in [-0.2, 0) is 11.3 Å². The number of nitrogens with one attached hydrogen (secondary N) is 1. The lowest BCUT2D eigenvalue weighted by molar-refractivity contribution is 0.177. The van der Waals surface area contributed by atoms with E-state index in [0.29, 0.717) is 18.5 Å². The highest BCUT2D eigenvalue weighted by molar-refractivity contribution is 6.30. The second-order valence-corrected chi connectivity index (χ2v) is 5.51. The highest BCUT2D eigenvalue weighted by Gasteiger charge is 2.28. The van der Waals surface area contributed by atoms with E-state index < -0.39 is 0 Å². The van der Waals surface area contributed by atoms with E-state index in [0.717, 1.165) is 17.4 Å². The Bertz CT molecular complexity index is 596. The summed E-state index contributed by atoms with van der Waals surface area (Å²) in [6.07, 6.45) is 0.963. The molecule has 1 aromatic carbocycles. The Balaban J connectivity index is 1.98. The van der Waals surface area contributed by atoms with E-state index >= 15 is 0 Å². The van der Waals surface area contributed by atoms with Crippen LogP contribution in [-0.4, -0.2) is 27.9 Å². The van der Waals surface area contributed by atoms with Crippen molar-refractivity contribution in [1.82, 2.24) is 14.8 Å². The van der Waals surface area contributed by atoms with Gasteiger partial charge in [-0.15, -0.1) is 0 Å². The van der Waals surface area contributed by atoms with Gasteiger partial charge in [0.2, 0.25) is 5.95 Å². The smallest absolute Gasteiger partial charge is 0.222 e. The van der Waals surface area contributed by atoms with Crippen molar-refractivity contribution in [2.24, 2.45) is 0 Å². The van der Waals surface area contributed by atoms with Crippen LogP contribution in [0.3, 0.4) is 0 Å². The van der Waals surface area contributed by atoms with E-state index in [9.17, 15) is 0 Å². The fourth-order valence-corrected chi connectivity index (χ4v) is 2.68. The molecule has 6 heteroatoms. The van der Waals surface area contributed by atoms with Crippen LogP contribution in [0.25, 0.3) is 0 Å². The molecule has 0 saturated heterocycles. The fraction of sp³-hybridized carbons (Fsp3) is 0.429. The topological polar surface area (TPSA) is 52.0 Å². The first-order valence-corrected chi connectivity index (χ1v) is 7.01. The Morgan fingerprint density at radius 1 is 1.40 bits per heavy atom. The van der Waals surface area contributed by atoms with Gasteiger partial charge in [-0.2, -0.15) is 10.1 Å². The lowest BCUT2D eigenvalue weighted by Crippen LogP contribution is -2.31. The second-order valence-electron chi connectivity index (χ2n) is 5.08. The summed E-state index contributed by atoms with van der Waals surface area (Å²) < 4.78 is 7.05. The Labute approximate surface area is 122 Å². The van der Waals surface area contributed by atoms with Gasteiger partial charge in [-0.1, -0.05) is 23.7 Å². The van der Waals surface area contributed by atoms with Gasteiger partial charge in [0.15, 0.2) is 5.82 Å². The number of hydrogen-bond donors (Lipinski definition) is 1. The molecule has 0 unspecified atom stereocenters. The molecule has 0 spiro atoms. The minimum Gasteiger partial charge on any atom is -0.377 e. The number of rotatable bonds is 3. The molecule has 2 heterocycles. The van der Waals surface area contributed by atoms with E-state index in [2.05, 4.69) is 22.3 Å². The number of hydrogen-bond acceptors (Lipinski definition) is 4. The van der Waals surface area contributed by atoms with Gasteiger partial charge in [0.05, 0.1) is 6.04 Å². The zero-order valence-corrected chi connectivity index (χ0v) is 12.3. The van der Waals surface area contributed by atoms with Gasteiger partial charge in [0.1, 0.15) is 6.61 Å². The summed E-state index contributed by atoms with van der Waals surface area (Å²) in [6, 6.07) is 8.45. The molecule has 20 heavy (non-hydrogen) atoms. The zero-order chi connectivity index (χ0) is 14.1. The van der Waals surface area contributed by atoms with Crippen LogP contribution in [0.2, 0.25) is 5.02 Å². The van der Waals surface area contributed by atoms with E-state index in [1.165, 1.54) is 5.56 Å². The molecule has 2 atom stereocenters. The molecule has 1 N–H and O–H groups in total. The molecule has 3 rings (SSSR count). The van der Waals surface area contributed by atoms with Crippen LogP contribution in [0.15, 0.2) is 24.3 Å². The van der Waals surface area contributed by atoms with Crippen LogP contribution in [0.1, 0.15) is 30.8 Å². The number of ether oxygens (including phenoxy) is 1. The fourth-order valence-electron chi connectivity index (χ4n) is 2.55. The molecular weight excluding hydrogens is 276 g/mol. The minimum atomic E-state index is 0.177. The van der Waals surface area contributed by atoms with Gasteiger partial charge in [0, 0.05) is 18.2 Å². The number of benzene rings is 1. The van der Waals surface area contributed by atoms with E-state index in [4.69, 9.17) is 16.3 Å². The second kappa shape index (κ2) is 5.42. The van der Waals surface area contributed by atoms with Gasteiger partial charge >= 0.3 is 0 Å². The van der Waals surface area contributed by atoms with Gasteiger partial charge in [-0.25, -0.2) is 4.68 Å². The maximum Gasteiger partial charge on any atom is 0.222 e. The summed E-state index contributed by atoms with van der Waals surface area (Å²) in [5.74, 6) is 1.50. The molecule has 5 nitrogen and oxygen atoms in total. The standard InChI is InChI=1S/C14H17ClN4O/c1-9-7-12(10-3-5-11(15)6-4-10)19-14(16-9)17-13(18-19)8-20-2/h3-6,9,12H,7-8H2,1-2H3,(H,16,17,18)/t9-,12-/m0/s1. The molecular formula is C14H17ClN4O. The summed E-state index contributed by atoms with van der Waals surface area (Å²) in [7, 11) is 1.65. The number of nitrogens with zero attached hydrogens (tertiary/aromatic N) is 3. The Morgan fingerprint density at radius 2 is 2.15 bits per heavy atom. The zero-order valence-electron chi connectivity index (χ0n) is 11.5. The van der Waals surface area contributed by atoms with Crippen molar-refractivity contribution < 1.29 is 4.74 Å². The SMILES string of the molecule is COCc1nc2n(n1)[C@H](c1ccc(Cl)cc1)C[C@H](C)N2. The number of fused-ring (bicyclic) bond motifs is 1. The number of halogens is 1. The molecule has 0 fully saturated rings. The quantitative estimate of drug-likeness (QED) is 0.945. The first-order chi connectivity index (χ1) is 9.67. The molecule has 0 aliphatic carbocycles. The molecule has 0 radical (unpaired) electrons. The molecule has 106 valence electrons. The lowest BCUT2D eigenvalue weighted by Gasteiger charge is -2.29. The van der Waals surface area contributed by atoms with E-state index in [1.807, 2.05) is 28.9 Å². The van der Waals surface area contributed by atoms with Crippen molar-refractivity contribution in [3.05, 3.63) is 40.7 Å². The third-order valence-corrected chi connectivity index (χ3v) is 3.70. The average molecular weight is 293 g/mol. The van der Waals surface area contributed by atoms with Crippen molar-refractivity contribution in [2.75, 3.05) is 12.4 Å². The van der Waals surface area contributed by atoms with Gasteiger partial charge in [-0.3, -0.25) is 0 Å². The van der Waals surface area contributed by atoms with Crippen molar-refractivity contribution in [3.8, 4) is 0 Å². The van der Waals surface area contributed by atoms with Crippen molar-refractivity contribution in [3.63, 3.8) is 0 Å². The Kier molecular flexibility index (Phi) is 3.63. The first kappa shape index (κ1) is 13.4. The number of methoxy groups -OCH3 is 1. The molecule has 0 saturated carbocycles. The summed E-state index contributed by atoms with van der Waals surface area (Å²) in [5.41, 5.74) is 1.19. The monoisotopic (exact) mass is 292 g/mol. The minimum absolute atomic E-state index is 0.177. The molecule has 0 amide bonds. The predicted molar refractivity (Wildman–Crippen MR) is 78.0 cm³/mol. The Hall–Kier alpha value is -1.59. The average Bonchev–Trinajstić information content (AvgIpc) is 2.81. The van der Waals surface area contributed by atoms with E-state index in [-0.39, 0.29) is 6.04 Å². The van der Waals surface area contributed by atoms with Crippen LogP contribution in [0, 0.1) is 0 Å². The van der Waals surface area contributed by atoms with Crippen LogP contribution >= 0.6 is 11.6 Å². The van der Waals surface area contributed by atoms with Crippen LogP contribution < -0.4 is 5.32 Å². The highest BCUT2D eigenvalue weighted by atomic mass is 35.5. The Morgan fingerprint density at radius 3 is 2.85 bits per heavy atom. The van der Waals surface area contributed by atoms with Gasteiger partial charge < -0.3 is 10.1 Å². The number of anilines is 1. The van der Waals surface area contributed by atoms with Crippen molar-refractivity contribution >= 4 is 17.5 Å². The van der Waals surface area contributed by atoms with E-state index in [1.54, 1.807) is 7.11 Å². The highest BCUT2D eigenvalue weighted by Crippen LogP contribution is 2.31. The maximum absolute atomic E-state index is 5.96. The van der Waals surface area contributed by atoms with Crippen molar-refractivity contribution in [2.45, 2.75) is 32.0 Å². The summed E-state index contributed by atoms with van der Waals surface area (Å²) in [6.45, 7) is 2.57. The molecule has 2 aromatic rings. The molecule has 1 aliphatic heterocycles. The summed E-state index contributed by atoms with van der Waals surface area (Å²) >= 11 is 5.96. The van der Waals surface area contributed by atoms with Gasteiger partial charge in [-0.05, 0) is 31.0 Å².